The minimum atomic E-state index is 0.0251. The lowest BCUT2D eigenvalue weighted by molar-refractivity contribution is -0.124. The van der Waals surface area contributed by atoms with Gasteiger partial charge in [-0.1, -0.05) is 36.0 Å². The molecule has 1 heterocycles. The van der Waals surface area contributed by atoms with E-state index in [0.717, 1.165) is 22.6 Å². The second-order valence-electron chi connectivity index (χ2n) is 5.49. The van der Waals surface area contributed by atoms with Crippen LogP contribution in [0.5, 0.6) is 11.5 Å². The summed E-state index contributed by atoms with van der Waals surface area (Å²) in [5, 5.41) is 8.96. The van der Waals surface area contributed by atoms with Crippen molar-refractivity contribution in [1.82, 2.24) is 4.90 Å². The molecule has 2 aromatic carbocycles. The fourth-order valence-electron chi connectivity index (χ4n) is 2.45. The van der Waals surface area contributed by atoms with Crippen LogP contribution in [0.15, 0.2) is 58.7 Å². The minimum absolute atomic E-state index is 0.0251. The Bertz CT molecular complexity index is 834. The molecule has 1 amide bonds. The van der Waals surface area contributed by atoms with E-state index < -0.39 is 0 Å². The van der Waals surface area contributed by atoms with Gasteiger partial charge in [-0.25, -0.2) is 0 Å². The van der Waals surface area contributed by atoms with Crippen LogP contribution < -0.4 is 9.47 Å². The molecular weight excluding hydrogens is 350 g/mol. The maximum absolute atomic E-state index is 12.2. The van der Waals surface area contributed by atoms with Crippen molar-refractivity contribution in [1.29, 1.82) is 0 Å². The summed E-state index contributed by atoms with van der Waals surface area (Å²) in [4.78, 5) is 13.8. The van der Waals surface area contributed by atoms with Gasteiger partial charge in [0.15, 0.2) is 5.17 Å². The topological polar surface area (TPSA) is 63.5 Å². The lowest BCUT2D eigenvalue weighted by Gasteiger charge is -2.15. The van der Waals surface area contributed by atoms with Gasteiger partial charge < -0.3 is 9.47 Å². The summed E-state index contributed by atoms with van der Waals surface area (Å²) >= 11 is 1.39. The number of amides is 1. The number of methoxy groups -OCH3 is 2. The van der Waals surface area contributed by atoms with E-state index in [-0.39, 0.29) is 5.91 Å². The van der Waals surface area contributed by atoms with Crippen LogP contribution in [0, 0.1) is 0 Å². The molecule has 0 N–H and O–H groups in total. The van der Waals surface area contributed by atoms with Gasteiger partial charge in [0.1, 0.15) is 11.5 Å². The highest BCUT2D eigenvalue weighted by molar-refractivity contribution is 8.15. The van der Waals surface area contributed by atoms with Crippen molar-refractivity contribution in [2.45, 2.75) is 6.54 Å². The molecule has 0 aromatic heterocycles. The first-order valence-corrected chi connectivity index (χ1v) is 9.00. The molecule has 1 saturated heterocycles. The van der Waals surface area contributed by atoms with Crippen molar-refractivity contribution in [2.75, 3.05) is 20.0 Å². The molecule has 1 fully saturated rings. The first-order valence-electron chi connectivity index (χ1n) is 8.01. The van der Waals surface area contributed by atoms with E-state index in [1.807, 2.05) is 48.5 Å². The van der Waals surface area contributed by atoms with Gasteiger partial charge in [-0.2, -0.15) is 5.10 Å². The first kappa shape index (κ1) is 18.0. The van der Waals surface area contributed by atoms with E-state index >= 15 is 0 Å². The Morgan fingerprint density at radius 2 is 1.88 bits per heavy atom. The van der Waals surface area contributed by atoms with E-state index in [1.165, 1.54) is 11.8 Å². The molecule has 3 rings (SSSR count). The second-order valence-corrected chi connectivity index (χ2v) is 6.43. The van der Waals surface area contributed by atoms with Crippen LogP contribution in [0.1, 0.15) is 11.1 Å². The van der Waals surface area contributed by atoms with Gasteiger partial charge in [0, 0.05) is 5.56 Å². The lowest BCUT2D eigenvalue weighted by atomic mass is 10.2. The Balaban J connectivity index is 1.74. The van der Waals surface area contributed by atoms with E-state index in [4.69, 9.17) is 9.47 Å². The van der Waals surface area contributed by atoms with Crippen LogP contribution in [0.3, 0.4) is 0 Å². The lowest BCUT2D eigenvalue weighted by Crippen LogP contribution is -2.28. The smallest absolute Gasteiger partial charge is 0.239 e. The zero-order chi connectivity index (χ0) is 18.4. The Hall–Kier alpha value is -2.80. The zero-order valence-electron chi connectivity index (χ0n) is 14.6. The van der Waals surface area contributed by atoms with Crippen molar-refractivity contribution in [3.05, 3.63) is 59.7 Å². The summed E-state index contributed by atoms with van der Waals surface area (Å²) in [6.07, 6.45) is 1.63. The highest BCUT2D eigenvalue weighted by Gasteiger charge is 2.28. The van der Waals surface area contributed by atoms with Gasteiger partial charge in [0.2, 0.25) is 5.91 Å². The molecule has 0 unspecified atom stereocenters. The summed E-state index contributed by atoms with van der Waals surface area (Å²) in [5.74, 6) is 1.91. The van der Waals surface area contributed by atoms with Crippen molar-refractivity contribution in [3.63, 3.8) is 0 Å². The third kappa shape index (κ3) is 4.23. The van der Waals surface area contributed by atoms with E-state index in [2.05, 4.69) is 10.2 Å². The molecule has 2 aromatic rings. The predicted molar refractivity (Wildman–Crippen MR) is 104 cm³/mol. The first-order chi connectivity index (χ1) is 12.7. The molecule has 0 saturated carbocycles. The highest BCUT2D eigenvalue weighted by atomic mass is 32.2. The largest absolute Gasteiger partial charge is 0.497 e. The molecule has 1 aliphatic rings. The SMILES string of the molecule is COc1ccc(CN2C(=O)CS/C2=N\N=C\c2ccccc2OC)cc1. The van der Waals surface area contributed by atoms with Crippen LogP contribution in [-0.4, -0.2) is 42.2 Å². The number of para-hydroxylation sites is 1. The number of hydrogen-bond donors (Lipinski definition) is 0. The minimum Gasteiger partial charge on any atom is -0.497 e. The number of hydrogen-bond acceptors (Lipinski definition) is 6. The molecule has 134 valence electrons. The zero-order valence-corrected chi connectivity index (χ0v) is 15.4. The molecule has 6 nitrogen and oxygen atoms in total. The van der Waals surface area contributed by atoms with Crippen molar-refractivity contribution < 1.29 is 14.3 Å². The third-order valence-corrected chi connectivity index (χ3v) is 4.79. The fourth-order valence-corrected chi connectivity index (χ4v) is 3.29. The van der Waals surface area contributed by atoms with Crippen molar-refractivity contribution >= 4 is 29.1 Å². The number of ether oxygens (including phenoxy) is 2. The van der Waals surface area contributed by atoms with Crippen molar-refractivity contribution in [2.24, 2.45) is 10.2 Å². The van der Waals surface area contributed by atoms with Gasteiger partial charge in [-0.15, -0.1) is 5.10 Å². The van der Waals surface area contributed by atoms with Crippen LogP contribution in [-0.2, 0) is 11.3 Å². The predicted octanol–water partition coefficient (Wildman–Crippen LogP) is 3.17. The summed E-state index contributed by atoms with van der Waals surface area (Å²) in [6, 6.07) is 15.2. The molecular formula is C19H19N3O3S. The van der Waals surface area contributed by atoms with Crippen LogP contribution in [0.2, 0.25) is 0 Å². The average molecular weight is 369 g/mol. The molecule has 0 atom stereocenters. The Morgan fingerprint density at radius 3 is 2.62 bits per heavy atom. The number of amidine groups is 1. The van der Waals surface area contributed by atoms with Gasteiger partial charge in [0.25, 0.3) is 0 Å². The van der Waals surface area contributed by atoms with Gasteiger partial charge in [-0.3, -0.25) is 9.69 Å². The number of benzene rings is 2. The molecule has 0 aliphatic carbocycles. The van der Waals surface area contributed by atoms with Crippen LogP contribution in [0.25, 0.3) is 0 Å². The Labute approximate surface area is 156 Å². The monoisotopic (exact) mass is 369 g/mol. The molecule has 0 radical (unpaired) electrons. The quantitative estimate of drug-likeness (QED) is 0.580. The molecule has 0 bridgehead atoms. The molecule has 0 spiro atoms. The van der Waals surface area contributed by atoms with Crippen molar-refractivity contribution in [3.8, 4) is 11.5 Å². The normalized spacial score (nSPS) is 15.8. The van der Waals surface area contributed by atoms with Gasteiger partial charge in [0.05, 0.1) is 32.7 Å². The van der Waals surface area contributed by atoms with Crippen LogP contribution >= 0.6 is 11.8 Å². The van der Waals surface area contributed by atoms with Crippen LogP contribution in [0.4, 0.5) is 0 Å². The van der Waals surface area contributed by atoms with E-state index in [1.54, 1.807) is 25.3 Å². The summed E-state index contributed by atoms with van der Waals surface area (Å²) in [5.41, 5.74) is 1.83. The summed E-state index contributed by atoms with van der Waals surface area (Å²) in [7, 11) is 3.24. The van der Waals surface area contributed by atoms with E-state index in [9.17, 15) is 4.79 Å². The molecule has 7 heteroatoms. The molecule has 1 aliphatic heterocycles. The number of nitrogens with zero attached hydrogens (tertiary/aromatic N) is 3. The number of thioether (sulfide) groups is 1. The summed E-state index contributed by atoms with van der Waals surface area (Å²) < 4.78 is 10.4. The second kappa shape index (κ2) is 8.53. The van der Waals surface area contributed by atoms with E-state index in [0.29, 0.717) is 17.5 Å². The number of carbonyl (C=O) groups excluding carboxylic acids is 1. The maximum Gasteiger partial charge on any atom is 0.239 e. The maximum atomic E-state index is 12.2. The third-order valence-electron chi connectivity index (χ3n) is 3.84. The van der Waals surface area contributed by atoms with Gasteiger partial charge in [-0.05, 0) is 29.8 Å². The molecule has 26 heavy (non-hydrogen) atoms. The van der Waals surface area contributed by atoms with Gasteiger partial charge >= 0.3 is 0 Å². The standard InChI is InChI=1S/C19H19N3O3S/c1-24-16-9-7-14(8-10-16)12-22-18(23)13-26-19(22)21-20-11-15-5-3-4-6-17(15)25-2/h3-11H,12-13H2,1-2H3/b20-11+,21-19-. The number of carbonyl (C=O) groups is 1. The average Bonchev–Trinajstić information content (AvgIpc) is 3.02. The fraction of sp³-hybridized carbons (Fsp3) is 0.211. The Kier molecular flexibility index (Phi) is 5.91. The Morgan fingerprint density at radius 1 is 1.12 bits per heavy atom. The number of rotatable bonds is 6. The highest BCUT2D eigenvalue weighted by Crippen LogP contribution is 2.23. The summed E-state index contributed by atoms with van der Waals surface area (Å²) in [6.45, 7) is 0.457.